The normalized spacial score (nSPS) is 20.6. The molecule has 4 rings (SSSR count). The van der Waals surface area contributed by atoms with Crippen LogP contribution in [0, 0.1) is 24.2 Å². The summed E-state index contributed by atoms with van der Waals surface area (Å²) in [7, 11) is 3.18. The molecule has 6 heteroatoms. The van der Waals surface area contributed by atoms with Crippen LogP contribution in [0.5, 0.6) is 0 Å². The fourth-order valence-electron chi connectivity index (χ4n) is 7.02. The summed E-state index contributed by atoms with van der Waals surface area (Å²) < 4.78 is 10.9. The van der Waals surface area contributed by atoms with Crippen LogP contribution in [0.4, 0.5) is 4.79 Å². The maximum absolute atomic E-state index is 13.4. The second-order valence-electron chi connectivity index (χ2n) is 12.8. The maximum Gasteiger partial charge on any atom is 0.409 e. The number of nitrogens with zero attached hydrogens (tertiary/aromatic N) is 2. The van der Waals surface area contributed by atoms with Gasteiger partial charge in [0, 0.05) is 32.2 Å². The van der Waals surface area contributed by atoms with E-state index in [1.54, 1.807) is 12.0 Å². The molecule has 2 aromatic carbocycles. The van der Waals surface area contributed by atoms with Gasteiger partial charge < -0.3 is 14.4 Å². The fourth-order valence-corrected chi connectivity index (χ4v) is 7.02. The van der Waals surface area contributed by atoms with Crippen LogP contribution in [0.3, 0.4) is 0 Å². The third-order valence-corrected chi connectivity index (χ3v) is 10.2. The molecule has 6 nitrogen and oxygen atoms in total. The molecule has 1 saturated carbocycles. The quantitative estimate of drug-likeness (QED) is 0.202. The Balaban J connectivity index is 1.36. The van der Waals surface area contributed by atoms with Gasteiger partial charge in [-0.1, -0.05) is 35.9 Å². The van der Waals surface area contributed by atoms with E-state index in [2.05, 4.69) is 64.1 Å². The van der Waals surface area contributed by atoms with Gasteiger partial charge in [0.2, 0.25) is 0 Å². The van der Waals surface area contributed by atoms with Gasteiger partial charge in [0.25, 0.3) is 0 Å². The van der Waals surface area contributed by atoms with E-state index in [4.69, 9.17) is 14.7 Å². The van der Waals surface area contributed by atoms with E-state index in [-0.39, 0.29) is 17.5 Å². The fraction of sp³-hybridized carbons (Fsp3) is 0.500. The number of rotatable bonds is 10. The number of aryl methyl sites for hydroxylation is 1. The molecule has 0 spiro atoms. The van der Waals surface area contributed by atoms with Gasteiger partial charge in [-0.2, -0.15) is 5.26 Å². The molecule has 0 bridgehead atoms. The van der Waals surface area contributed by atoms with Gasteiger partial charge in [-0.05, 0) is 131 Å². The number of hydrogen-bond acceptors (Lipinski definition) is 5. The van der Waals surface area contributed by atoms with Gasteiger partial charge in [0.15, 0.2) is 5.78 Å². The number of carbonyl (C=O) groups excluding carboxylic acids is 2. The van der Waals surface area contributed by atoms with Crippen molar-refractivity contribution in [3.05, 3.63) is 87.5 Å². The number of ether oxygens (including phenoxy) is 2. The maximum atomic E-state index is 13.4. The van der Waals surface area contributed by atoms with E-state index in [1.807, 2.05) is 18.2 Å². The number of hydrogen-bond donors (Lipinski definition) is 0. The Hall–Kier alpha value is -3.69. The summed E-state index contributed by atoms with van der Waals surface area (Å²) in [6, 6.07) is 16.3. The van der Waals surface area contributed by atoms with E-state index >= 15 is 0 Å². The van der Waals surface area contributed by atoms with Gasteiger partial charge in [-0.25, -0.2) is 4.79 Å². The molecule has 44 heavy (non-hydrogen) atoms. The Labute approximate surface area is 263 Å². The zero-order valence-electron chi connectivity index (χ0n) is 27.4. The third-order valence-electron chi connectivity index (χ3n) is 10.2. The molecule has 1 aliphatic heterocycles. The summed E-state index contributed by atoms with van der Waals surface area (Å²) in [6.07, 6.45) is 9.11. The molecule has 234 valence electrons. The molecule has 0 radical (unpaired) electrons. The highest BCUT2D eigenvalue weighted by molar-refractivity contribution is 5.97. The minimum Gasteiger partial charge on any atom is -0.453 e. The molecular weight excluding hydrogens is 548 g/mol. The van der Waals surface area contributed by atoms with Crippen LogP contribution >= 0.6 is 0 Å². The number of carbonyl (C=O) groups is 2. The SMILES string of the molecule is COC(=O)N1CCC(OC)(/C(C)=C\CC/C(C)=C(\C)c2cc(C(=O)CC3CCC(c4ccc(C#N)cc4)C3)ccc2C)CC1. The second kappa shape index (κ2) is 14.9. The highest BCUT2D eigenvalue weighted by Gasteiger charge is 2.37. The van der Waals surface area contributed by atoms with E-state index in [0.717, 1.165) is 56.1 Å². The Morgan fingerprint density at radius 3 is 2.39 bits per heavy atom. The lowest BCUT2D eigenvalue weighted by Gasteiger charge is -2.41. The first-order valence-electron chi connectivity index (χ1n) is 16.0. The van der Waals surface area contributed by atoms with Crippen LogP contribution in [-0.2, 0) is 9.47 Å². The first-order chi connectivity index (χ1) is 21.1. The molecule has 1 aliphatic carbocycles. The summed E-state index contributed by atoms with van der Waals surface area (Å²) in [5.41, 5.74) is 8.52. The number of piperidine rings is 1. The van der Waals surface area contributed by atoms with Gasteiger partial charge in [-0.3, -0.25) is 4.79 Å². The lowest BCUT2D eigenvalue weighted by atomic mass is 9.83. The smallest absolute Gasteiger partial charge is 0.409 e. The average molecular weight is 597 g/mol. The molecular formula is C38H48N2O4. The van der Waals surface area contributed by atoms with Gasteiger partial charge in [0.1, 0.15) is 0 Å². The van der Waals surface area contributed by atoms with Crippen molar-refractivity contribution < 1.29 is 19.1 Å². The predicted octanol–water partition coefficient (Wildman–Crippen LogP) is 8.79. The average Bonchev–Trinajstić information content (AvgIpc) is 3.52. The lowest BCUT2D eigenvalue weighted by molar-refractivity contribution is -0.0264. The zero-order valence-corrected chi connectivity index (χ0v) is 27.4. The van der Waals surface area contributed by atoms with Crippen molar-refractivity contribution in [1.82, 2.24) is 4.90 Å². The number of Topliss-reactive ketones (excluding diaryl/α,β-unsaturated/α-hetero) is 1. The molecule has 1 saturated heterocycles. The molecule has 0 N–H and O–H groups in total. The van der Waals surface area contributed by atoms with Crippen molar-refractivity contribution in [3.63, 3.8) is 0 Å². The molecule has 2 unspecified atom stereocenters. The number of amides is 1. The van der Waals surface area contributed by atoms with Crippen molar-refractivity contribution in [1.29, 1.82) is 5.26 Å². The van der Waals surface area contributed by atoms with E-state index < -0.39 is 0 Å². The number of benzene rings is 2. The monoisotopic (exact) mass is 596 g/mol. The largest absolute Gasteiger partial charge is 0.453 e. The van der Waals surface area contributed by atoms with Crippen LogP contribution in [0.25, 0.3) is 5.57 Å². The van der Waals surface area contributed by atoms with Gasteiger partial charge in [-0.15, -0.1) is 0 Å². The minimum absolute atomic E-state index is 0.226. The van der Waals surface area contributed by atoms with Crippen molar-refractivity contribution in [2.45, 2.75) is 90.6 Å². The molecule has 2 fully saturated rings. The van der Waals surface area contributed by atoms with Crippen molar-refractivity contribution in [2.75, 3.05) is 27.3 Å². The summed E-state index contributed by atoms with van der Waals surface area (Å²) in [5, 5.41) is 9.08. The number of ketones is 1. The Morgan fingerprint density at radius 1 is 1.05 bits per heavy atom. The Bertz CT molecular complexity index is 1440. The van der Waals surface area contributed by atoms with E-state index in [9.17, 15) is 9.59 Å². The first kappa shape index (κ1) is 33.2. The molecule has 2 atom stereocenters. The number of allylic oxidation sites excluding steroid dienone is 3. The van der Waals surface area contributed by atoms with Crippen LogP contribution in [0.15, 0.2) is 59.7 Å². The standard InChI is InChI=1S/C38H48N2O4/c1-26(8-7-9-28(3)38(44-6)18-20-40(21-19-38)37(42)43-5)29(4)35-24-34(14-10-27(35)2)36(41)23-31-13-17-33(22-31)32-15-11-30(25-39)12-16-32/h9-12,14-16,24,31,33H,7-8,13,17-23H2,1-6H3/b28-9-,29-26+. The first-order valence-corrected chi connectivity index (χ1v) is 16.0. The van der Waals surface area contributed by atoms with Crippen molar-refractivity contribution >= 4 is 17.4 Å². The zero-order chi connectivity index (χ0) is 31.9. The summed E-state index contributed by atoms with van der Waals surface area (Å²) >= 11 is 0. The highest BCUT2D eigenvalue weighted by atomic mass is 16.5. The molecule has 1 amide bonds. The molecule has 0 aromatic heterocycles. The summed E-state index contributed by atoms with van der Waals surface area (Å²) in [4.78, 5) is 27.1. The summed E-state index contributed by atoms with van der Waals surface area (Å²) in [5.74, 6) is 1.08. The molecule has 1 heterocycles. The van der Waals surface area contributed by atoms with Crippen LogP contribution < -0.4 is 0 Å². The number of nitriles is 1. The Morgan fingerprint density at radius 2 is 1.75 bits per heavy atom. The predicted molar refractivity (Wildman–Crippen MR) is 176 cm³/mol. The third kappa shape index (κ3) is 7.68. The highest BCUT2D eigenvalue weighted by Crippen LogP contribution is 2.40. The van der Waals surface area contributed by atoms with Gasteiger partial charge in [0.05, 0.1) is 24.3 Å². The number of methoxy groups -OCH3 is 2. The van der Waals surface area contributed by atoms with Crippen LogP contribution in [0.2, 0.25) is 0 Å². The molecule has 2 aromatic rings. The topological polar surface area (TPSA) is 79.6 Å². The Kier molecular flexibility index (Phi) is 11.2. The van der Waals surface area contributed by atoms with Crippen LogP contribution in [-0.4, -0.2) is 49.7 Å². The summed E-state index contributed by atoms with van der Waals surface area (Å²) in [6.45, 7) is 9.86. The van der Waals surface area contributed by atoms with Crippen molar-refractivity contribution in [2.24, 2.45) is 5.92 Å². The number of likely N-dealkylation sites (tertiary alicyclic amines) is 1. The van der Waals surface area contributed by atoms with Crippen LogP contribution in [0.1, 0.15) is 111 Å². The molecule has 2 aliphatic rings. The lowest BCUT2D eigenvalue weighted by Crippen LogP contribution is -2.48. The van der Waals surface area contributed by atoms with Crippen molar-refractivity contribution in [3.8, 4) is 6.07 Å². The van der Waals surface area contributed by atoms with E-state index in [1.165, 1.54) is 35.0 Å². The van der Waals surface area contributed by atoms with Gasteiger partial charge >= 0.3 is 6.09 Å². The second-order valence-corrected chi connectivity index (χ2v) is 12.8. The van der Waals surface area contributed by atoms with E-state index in [0.29, 0.717) is 36.9 Å². The minimum atomic E-state index is -0.343.